The lowest BCUT2D eigenvalue weighted by Gasteiger charge is -2.21. The summed E-state index contributed by atoms with van der Waals surface area (Å²) in [7, 11) is 0. The summed E-state index contributed by atoms with van der Waals surface area (Å²) >= 11 is 1.31. The van der Waals surface area contributed by atoms with Gasteiger partial charge in [-0.1, -0.05) is 0 Å². The van der Waals surface area contributed by atoms with Crippen molar-refractivity contribution in [3.63, 3.8) is 0 Å². The predicted octanol–water partition coefficient (Wildman–Crippen LogP) is 1.59. The Morgan fingerprint density at radius 1 is 1.62 bits per heavy atom. The summed E-state index contributed by atoms with van der Waals surface area (Å²) in [5.74, 6) is -0.484. The van der Waals surface area contributed by atoms with E-state index in [0.29, 0.717) is 30.1 Å². The number of ether oxygens (including phenoxy) is 1. The van der Waals surface area contributed by atoms with E-state index in [1.165, 1.54) is 11.3 Å². The molecule has 1 aromatic heterocycles. The topological polar surface area (TPSA) is 82.4 Å². The molecule has 0 radical (unpaired) electrons. The minimum atomic E-state index is -0.338. The standard InChI is InChI=1S/C14H17N3O3S/c1-2-20-14(19)11-4-3-6-17(11)9-12(18)16-13-10(8-15)5-7-21-13/h5,7,11H,2-4,6,9H2,1H3,(H,16,18). The molecule has 1 amide bonds. The molecule has 1 saturated heterocycles. The molecule has 0 aromatic carbocycles. The smallest absolute Gasteiger partial charge is 0.323 e. The highest BCUT2D eigenvalue weighted by molar-refractivity contribution is 7.14. The lowest BCUT2D eigenvalue weighted by molar-refractivity contribution is -0.148. The van der Waals surface area contributed by atoms with Gasteiger partial charge >= 0.3 is 5.97 Å². The SMILES string of the molecule is CCOC(=O)C1CCCN1CC(=O)Nc1sccc1C#N. The average Bonchev–Trinajstić information content (AvgIpc) is 3.07. The normalized spacial score (nSPS) is 18.2. The molecule has 1 unspecified atom stereocenters. The molecule has 0 spiro atoms. The summed E-state index contributed by atoms with van der Waals surface area (Å²) in [4.78, 5) is 25.7. The quantitative estimate of drug-likeness (QED) is 0.835. The van der Waals surface area contributed by atoms with Crippen LogP contribution in [0.2, 0.25) is 0 Å². The molecule has 0 bridgehead atoms. The van der Waals surface area contributed by atoms with Gasteiger partial charge < -0.3 is 10.1 Å². The maximum atomic E-state index is 12.1. The molecular weight excluding hydrogens is 290 g/mol. The van der Waals surface area contributed by atoms with E-state index in [4.69, 9.17) is 10.00 Å². The first-order valence-corrected chi connectivity index (χ1v) is 7.71. The Hall–Kier alpha value is -1.91. The molecular formula is C14H17N3O3S. The summed E-state index contributed by atoms with van der Waals surface area (Å²) in [6.07, 6.45) is 1.59. The van der Waals surface area contributed by atoms with Crippen molar-refractivity contribution in [1.82, 2.24) is 4.90 Å². The highest BCUT2D eigenvalue weighted by Crippen LogP contribution is 2.23. The van der Waals surface area contributed by atoms with Crippen molar-refractivity contribution in [3.05, 3.63) is 17.0 Å². The van der Waals surface area contributed by atoms with Gasteiger partial charge in [0.05, 0.1) is 18.7 Å². The summed E-state index contributed by atoms with van der Waals surface area (Å²) < 4.78 is 5.03. The predicted molar refractivity (Wildman–Crippen MR) is 78.9 cm³/mol. The molecule has 0 aliphatic carbocycles. The molecule has 7 heteroatoms. The summed E-state index contributed by atoms with van der Waals surface area (Å²) in [5, 5.41) is 13.9. The van der Waals surface area contributed by atoms with E-state index in [-0.39, 0.29) is 24.5 Å². The van der Waals surface area contributed by atoms with Crippen molar-refractivity contribution >= 4 is 28.2 Å². The first-order chi connectivity index (χ1) is 10.2. The van der Waals surface area contributed by atoms with Crippen LogP contribution in [0, 0.1) is 11.3 Å². The molecule has 2 rings (SSSR count). The van der Waals surface area contributed by atoms with Crippen molar-refractivity contribution in [2.24, 2.45) is 0 Å². The number of anilines is 1. The molecule has 112 valence electrons. The van der Waals surface area contributed by atoms with Crippen LogP contribution in [-0.4, -0.2) is 42.5 Å². The lowest BCUT2D eigenvalue weighted by atomic mass is 10.2. The van der Waals surface area contributed by atoms with Crippen molar-refractivity contribution in [2.75, 3.05) is 25.0 Å². The van der Waals surface area contributed by atoms with E-state index < -0.39 is 0 Å². The van der Waals surface area contributed by atoms with Crippen LogP contribution in [0.15, 0.2) is 11.4 Å². The maximum absolute atomic E-state index is 12.1. The molecule has 1 atom stereocenters. The number of rotatable bonds is 5. The molecule has 6 nitrogen and oxygen atoms in total. The zero-order chi connectivity index (χ0) is 15.2. The van der Waals surface area contributed by atoms with E-state index in [9.17, 15) is 9.59 Å². The Morgan fingerprint density at radius 2 is 2.43 bits per heavy atom. The Morgan fingerprint density at radius 3 is 3.14 bits per heavy atom. The van der Waals surface area contributed by atoms with Gasteiger partial charge in [-0.25, -0.2) is 0 Å². The minimum absolute atomic E-state index is 0.131. The lowest BCUT2D eigenvalue weighted by Crippen LogP contribution is -2.41. The number of nitriles is 1. The van der Waals surface area contributed by atoms with Crippen LogP contribution in [0.3, 0.4) is 0 Å². The zero-order valence-electron chi connectivity index (χ0n) is 11.8. The Bertz CT molecular complexity index is 564. The molecule has 1 aliphatic heterocycles. The fourth-order valence-corrected chi connectivity index (χ4v) is 3.12. The summed E-state index contributed by atoms with van der Waals surface area (Å²) in [6.45, 7) is 2.94. The van der Waals surface area contributed by atoms with Crippen LogP contribution in [0.1, 0.15) is 25.3 Å². The van der Waals surface area contributed by atoms with E-state index >= 15 is 0 Å². The number of nitrogens with zero attached hydrogens (tertiary/aromatic N) is 2. The highest BCUT2D eigenvalue weighted by Gasteiger charge is 2.32. The van der Waals surface area contributed by atoms with Crippen molar-refractivity contribution in [3.8, 4) is 6.07 Å². The number of amides is 1. The molecule has 1 fully saturated rings. The van der Waals surface area contributed by atoms with Gasteiger partial charge in [0, 0.05) is 0 Å². The third-order valence-electron chi connectivity index (χ3n) is 3.31. The number of nitrogens with one attached hydrogen (secondary N) is 1. The molecule has 2 heterocycles. The van der Waals surface area contributed by atoms with Crippen LogP contribution in [0.5, 0.6) is 0 Å². The van der Waals surface area contributed by atoms with E-state index in [2.05, 4.69) is 5.32 Å². The fraction of sp³-hybridized carbons (Fsp3) is 0.500. The van der Waals surface area contributed by atoms with Gasteiger partial charge in [-0.05, 0) is 37.8 Å². The van der Waals surface area contributed by atoms with Gasteiger partial charge in [0.15, 0.2) is 0 Å². The van der Waals surface area contributed by atoms with Gasteiger partial charge in [0.25, 0.3) is 0 Å². The number of esters is 1. The summed E-state index contributed by atoms with van der Waals surface area (Å²) in [6, 6.07) is 3.35. The average molecular weight is 307 g/mol. The number of hydrogen-bond donors (Lipinski definition) is 1. The van der Waals surface area contributed by atoms with Crippen molar-refractivity contribution in [2.45, 2.75) is 25.8 Å². The maximum Gasteiger partial charge on any atom is 0.323 e. The van der Waals surface area contributed by atoms with Crippen LogP contribution < -0.4 is 5.32 Å². The number of likely N-dealkylation sites (tertiary alicyclic amines) is 1. The van der Waals surface area contributed by atoms with Crippen LogP contribution in [0.4, 0.5) is 5.00 Å². The monoisotopic (exact) mass is 307 g/mol. The van der Waals surface area contributed by atoms with Gasteiger partial charge in [-0.15, -0.1) is 11.3 Å². The van der Waals surface area contributed by atoms with Gasteiger partial charge in [-0.3, -0.25) is 14.5 Å². The number of carbonyl (C=O) groups excluding carboxylic acids is 2. The Kier molecular flexibility index (Phi) is 5.31. The van der Waals surface area contributed by atoms with E-state index in [1.807, 2.05) is 11.0 Å². The second kappa shape index (κ2) is 7.20. The molecule has 0 saturated carbocycles. The number of hydrogen-bond acceptors (Lipinski definition) is 6. The van der Waals surface area contributed by atoms with Gasteiger partial charge in [0.2, 0.25) is 5.91 Å². The highest BCUT2D eigenvalue weighted by atomic mass is 32.1. The van der Waals surface area contributed by atoms with Crippen molar-refractivity contribution < 1.29 is 14.3 Å². The third kappa shape index (κ3) is 3.80. The second-order valence-electron chi connectivity index (χ2n) is 4.70. The van der Waals surface area contributed by atoms with Crippen LogP contribution in [0.25, 0.3) is 0 Å². The third-order valence-corrected chi connectivity index (χ3v) is 4.14. The first kappa shape index (κ1) is 15.5. The molecule has 1 aliphatic rings. The number of carbonyl (C=O) groups is 2. The van der Waals surface area contributed by atoms with Crippen LogP contribution >= 0.6 is 11.3 Å². The first-order valence-electron chi connectivity index (χ1n) is 6.83. The molecule has 1 aromatic rings. The zero-order valence-corrected chi connectivity index (χ0v) is 12.6. The van der Waals surface area contributed by atoms with Gasteiger partial charge in [-0.2, -0.15) is 5.26 Å². The van der Waals surface area contributed by atoms with Crippen LogP contribution in [-0.2, 0) is 14.3 Å². The molecule has 21 heavy (non-hydrogen) atoms. The number of thiophene rings is 1. The van der Waals surface area contributed by atoms with E-state index in [1.54, 1.807) is 18.4 Å². The van der Waals surface area contributed by atoms with Gasteiger partial charge in [0.1, 0.15) is 17.1 Å². The van der Waals surface area contributed by atoms with Crippen molar-refractivity contribution in [1.29, 1.82) is 5.26 Å². The largest absolute Gasteiger partial charge is 0.465 e. The molecule has 1 N–H and O–H groups in total. The van der Waals surface area contributed by atoms with E-state index in [0.717, 1.165) is 6.42 Å². The summed E-state index contributed by atoms with van der Waals surface area (Å²) in [5.41, 5.74) is 0.455. The fourth-order valence-electron chi connectivity index (χ4n) is 2.37. The Balaban J connectivity index is 1.93. The second-order valence-corrected chi connectivity index (χ2v) is 5.62. The Labute approximate surface area is 127 Å². The minimum Gasteiger partial charge on any atom is -0.465 e.